The molecule has 0 aliphatic heterocycles. The number of rotatable bonds is 6. The molecule has 0 saturated heterocycles. The van der Waals surface area contributed by atoms with E-state index in [9.17, 15) is 10.1 Å². The van der Waals surface area contributed by atoms with E-state index in [1.807, 2.05) is 17.7 Å². The second kappa shape index (κ2) is 6.16. The predicted octanol–water partition coefficient (Wildman–Crippen LogP) is 1.64. The molecule has 1 aromatic heterocycles. The van der Waals surface area contributed by atoms with E-state index in [0.717, 1.165) is 5.82 Å². The number of hydrogen-bond donors (Lipinski definition) is 1. The Hall–Kier alpha value is -2.41. The van der Waals surface area contributed by atoms with Crippen molar-refractivity contribution in [3.8, 4) is 5.75 Å². The Labute approximate surface area is 116 Å². The van der Waals surface area contributed by atoms with Crippen molar-refractivity contribution in [2.45, 2.75) is 20.0 Å². The Morgan fingerprint density at radius 2 is 2.30 bits per heavy atom. The van der Waals surface area contributed by atoms with Crippen molar-refractivity contribution in [3.63, 3.8) is 0 Å². The molecular weight excluding hydrogens is 260 g/mol. The van der Waals surface area contributed by atoms with Crippen LogP contribution in [0.2, 0.25) is 0 Å². The van der Waals surface area contributed by atoms with E-state index in [4.69, 9.17) is 10.5 Å². The molecule has 0 aliphatic carbocycles. The number of imidazole rings is 1. The van der Waals surface area contributed by atoms with Gasteiger partial charge >= 0.3 is 5.69 Å². The molecule has 2 N–H and O–H groups in total. The summed E-state index contributed by atoms with van der Waals surface area (Å²) in [6.45, 7) is 3.06. The zero-order chi connectivity index (χ0) is 14.5. The SMILES string of the molecule is Cc1nccn1CCOc1ccc(CN)cc1[N+](=O)[O-]. The molecule has 106 valence electrons. The van der Waals surface area contributed by atoms with Gasteiger partial charge in [-0.15, -0.1) is 0 Å². The number of nitrogens with two attached hydrogens (primary N) is 1. The Morgan fingerprint density at radius 3 is 2.90 bits per heavy atom. The highest BCUT2D eigenvalue weighted by atomic mass is 16.6. The van der Waals surface area contributed by atoms with Crippen molar-refractivity contribution >= 4 is 5.69 Å². The number of nitrogens with zero attached hydrogens (tertiary/aromatic N) is 3. The van der Waals surface area contributed by atoms with Gasteiger partial charge in [0, 0.05) is 25.0 Å². The quantitative estimate of drug-likeness (QED) is 0.639. The van der Waals surface area contributed by atoms with Gasteiger partial charge in [0.25, 0.3) is 0 Å². The molecule has 1 aromatic carbocycles. The number of nitro benzene ring substituents is 1. The van der Waals surface area contributed by atoms with Crippen LogP contribution in [-0.2, 0) is 13.1 Å². The number of nitro groups is 1. The first-order valence-electron chi connectivity index (χ1n) is 6.19. The first kappa shape index (κ1) is 14.0. The monoisotopic (exact) mass is 276 g/mol. The Morgan fingerprint density at radius 1 is 1.50 bits per heavy atom. The van der Waals surface area contributed by atoms with Crippen molar-refractivity contribution in [3.05, 3.63) is 52.1 Å². The molecule has 0 saturated carbocycles. The van der Waals surface area contributed by atoms with Crippen molar-refractivity contribution in [1.29, 1.82) is 0 Å². The van der Waals surface area contributed by atoms with Crippen LogP contribution in [0.1, 0.15) is 11.4 Å². The molecule has 7 nitrogen and oxygen atoms in total. The van der Waals surface area contributed by atoms with Gasteiger partial charge < -0.3 is 15.0 Å². The third kappa shape index (κ3) is 3.12. The van der Waals surface area contributed by atoms with Crippen LogP contribution in [0.25, 0.3) is 0 Å². The highest BCUT2D eigenvalue weighted by Crippen LogP contribution is 2.27. The number of aromatic nitrogens is 2. The minimum Gasteiger partial charge on any atom is -0.485 e. The number of aryl methyl sites for hydroxylation is 1. The second-order valence-electron chi connectivity index (χ2n) is 4.28. The first-order valence-corrected chi connectivity index (χ1v) is 6.19. The minimum atomic E-state index is -0.461. The van der Waals surface area contributed by atoms with Crippen LogP contribution >= 0.6 is 0 Å². The van der Waals surface area contributed by atoms with Gasteiger partial charge in [0.2, 0.25) is 0 Å². The standard InChI is InChI=1S/C13H16N4O3/c1-10-15-4-5-16(10)6-7-20-13-3-2-11(9-14)8-12(13)17(18)19/h2-5,8H,6-7,9,14H2,1H3. The van der Waals surface area contributed by atoms with Crippen LogP contribution in [0, 0.1) is 17.0 Å². The molecule has 0 atom stereocenters. The predicted molar refractivity (Wildman–Crippen MR) is 73.4 cm³/mol. The lowest BCUT2D eigenvalue weighted by Crippen LogP contribution is -2.10. The van der Waals surface area contributed by atoms with E-state index in [1.54, 1.807) is 18.3 Å². The van der Waals surface area contributed by atoms with E-state index >= 15 is 0 Å². The van der Waals surface area contributed by atoms with Crippen LogP contribution in [-0.4, -0.2) is 21.1 Å². The van der Waals surface area contributed by atoms with Crippen molar-refractivity contribution in [2.75, 3.05) is 6.61 Å². The summed E-state index contributed by atoms with van der Waals surface area (Å²) >= 11 is 0. The average molecular weight is 276 g/mol. The lowest BCUT2D eigenvalue weighted by molar-refractivity contribution is -0.385. The van der Waals surface area contributed by atoms with E-state index in [1.165, 1.54) is 6.07 Å². The highest BCUT2D eigenvalue weighted by molar-refractivity contribution is 5.48. The molecule has 0 unspecified atom stereocenters. The molecule has 1 heterocycles. The van der Waals surface area contributed by atoms with E-state index in [-0.39, 0.29) is 18.0 Å². The van der Waals surface area contributed by atoms with Crippen molar-refractivity contribution in [1.82, 2.24) is 9.55 Å². The number of hydrogen-bond acceptors (Lipinski definition) is 5. The fourth-order valence-corrected chi connectivity index (χ4v) is 1.85. The van der Waals surface area contributed by atoms with Gasteiger partial charge in [-0.1, -0.05) is 6.07 Å². The van der Waals surface area contributed by atoms with E-state index in [2.05, 4.69) is 4.98 Å². The summed E-state index contributed by atoms with van der Waals surface area (Å²) in [4.78, 5) is 14.6. The largest absolute Gasteiger partial charge is 0.485 e. The second-order valence-corrected chi connectivity index (χ2v) is 4.28. The summed E-state index contributed by atoms with van der Waals surface area (Å²) in [6.07, 6.45) is 3.54. The molecule has 2 rings (SSSR count). The van der Waals surface area contributed by atoms with Crippen LogP contribution in [0.3, 0.4) is 0 Å². The van der Waals surface area contributed by atoms with Crippen molar-refractivity contribution in [2.24, 2.45) is 5.73 Å². The molecule has 0 spiro atoms. The molecule has 0 aliphatic rings. The number of ether oxygens (including phenoxy) is 1. The van der Waals surface area contributed by atoms with Crippen LogP contribution in [0.15, 0.2) is 30.6 Å². The average Bonchev–Trinajstić information content (AvgIpc) is 2.84. The summed E-state index contributed by atoms with van der Waals surface area (Å²) in [5, 5.41) is 11.0. The summed E-state index contributed by atoms with van der Waals surface area (Å²) in [6, 6.07) is 4.75. The van der Waals surface area contributed by atoms with Gasteiger partial charge in [-0.25, -0.2) is 4.98 Å². The summed E-state index contributed by atoms with van der Waals surface area (Å²) < 4.78 is 7.41. The third-order valence-electron chi connectivity index (χ3n) is 2.97. The summed E-state index contributed by atoms with van der Waals surface area (Å²) in [7, 11) is 0. The Balaban J connectivity index is 2.05. The Bertz CT molecular complexity index is 609. The van der Waals surface area contributed by atoms with Crippen LogP contribution in [0.4, 0.5) is 5.69 Å². The molecule has 0 radical (unpaired) electrons. The fourth-order valence-electron chi connectivity index (χ4n) is 1.85. The molecule has 0 fully saturated rings. The van der Waals surface area contributed by atoms with Gasteiger partial charge in [0.15, 0.2) is 5.75 Å². The molecule has 2 aromatic rings. The zero-order valence-corrected chi connectivity index (χ0v) is 11.2. The van der Waals surface area contributed by atoms with Crippen LogP contribution < -0.4 is 10.5 Å². The fraction of sp³-hybridized carbons (Fsp3) is 0.308. The van der Waals surface area contributed by atoms with Gasteiger partial charge in [0.05, 0.1) is 11.5 Å². The molecule has 0 bridgehead atoms. The lowest BCUT2D eigenvalue weighted by Gasteiger charge is -2.09. The zero-order valence-electron chi connectivity index (χ0n) is 11.2. The van der Waals surface area contributed by atoms with Crippen molar-refractivity contribution < 1.29 is 9.66 Å². The Kier molecular flexibility index (Phi) is 4.31. The van der Waals surface area contributed by atoms with Gasteiger partial charge in [-0.05, 0) is 18.6 Å². The molecule has 0 amide bonds. The van der Waals surface area contributed by atoms with Crippen LogP contribution in [0.5, 0.6) is 5.75 Å². The van der Waals surface area contributed by atoms with Gasteiger partial charge in [-0.3, -0.25) is 10.1 Å². The third-order valence-corrected chi connectivity index (χ3v) is 2.97. The maximum Gasteiger partial charge on any atom is 0.311 e. The lowest BCUT2D eigenvalue weighted by atomic mass is 10.2. The highest BCUT2D eigenvalue weighted by Gasteiger charge is 2.15. The van der Waals surface area contributed by atoms with Gasteiger partial charge in [-0.2, -0.15) is 0 Å². The molecule has 7 heteroatoms. The molecular formula is C13H16N4O3. The van der Waals surface area contributed by atoms with Gasteiger partial charge in [0.1, 0.15) is 12.4 Å². The first-order chi connectivity index (χ1) is 9.61. The topological polar surface area (TPSA) is 96.2 Å². The number of benzene rings is 1. The van der Waals surface area contributed by atoms with E-state index in [0.29, 0.717) is 18.7 Å². The smallest absolute Gasteiger partial charge is 0.311 e. The maximum atomic E-state index is 11.0. The van der Waals surface area contributed by atoms with E-state index < -0.39 is 4.92 Å². The minimum absolute atomic E-state index is 0.0599. The summed E-state index contributed by atoms with van der Waals surface area (Å²) in [5.74, 6) is 1.13. The normalized spacial score (nSPS) is 10.5. The summed E-state index contributed by atoms with van der Waals surface area (Å²) in [5.41, 5.74) is 6.12. The molecule has 20 heavy (non-hydrogen) atoms. The maximum absolute atomic E-state index is 11.0.